The van der Waals surface area contributed by atoms with Gasteiger partial charge < -0.3 is 0 Å². The van der Waals surface area contributed by atoms with E-state index in [0.717, 1.165) is 11.8 Å². The van der Waals surface area contributed by atoms with Crippen LogP contribution in [-0.2, 0) is 0 Å². The predicted molar refractivity (Wildman–Crippen MR) is 69.0 cm³/mol. The quantitative estimate of drug-likeness (QED) is 0.501. The van der Waals surface area contributed by atoms with Gasteiger partial charge in [0, 0.05) is 0 Å². The van der Waals surface area contributed by atoms with Gasteiger partial charge in [-0.1, -0.05) is 59.8 Å². The van der Waals surface area contributed by atoms with E-state index >= 15 is 0 Å². The van der Waals surface area contributed by atoms with Crippen molar-refractivity contribution >= 4 is 0 Å². The Kier molecular flexibility index (Phi) is 5.15. The van der Waals surface area contributed by atoms with Gasteiger partial charge in [0.1, 0.15) is 0 Å². The number of hydrogen-bond donors (Lipinski definition) is 0. The summed E-state index contributed by atoms with van der Waals surface area (Å²) < 4.78 is 0. The van der Waals surface area contributed by atoms with Crippen molar-refractivity contribution in [3.05, 3.63) is 0 Å². The Balaban J connectivity index is 2.44. The average molecular weight is 210 g/mol. The van der Waals surface area contributed by atoms with Crippen LogP contribution in [0.15, 0.2) is 0 Å². The lowest BCUT2D eigenvalue weighted by Gasteiger charge is -2.24. The Bertz CT molecular complexity index is 169. The van der Waals surface area contributed by atoms with Gasteiger partial charge in [0.2, 0.25) is 0 Å². The summed E-state index contributed by atoms with van der Waals surface area (Å²) in [6, 6.07) is 0. The van der Waals surface area contributed by atoms with Gasteiger partial charge in [0.15, 0.2) is 0 Å². The van der Waals surface area contributed by atoms with Crippen LogP contribution in [0.3, 0.4) is 0 Å². The zero-order chi connectivity index (χ0) is 11.3. The van der Waals surface area contributed by atoms with Crippen LogP contribution in [-0.4, -0.2) is 0 Å². The molecule has 0 aromatic carbocycles. The van der Waals surface area contributed by atoms with Crippen molar-refractivity contribution in [1.29, 1.82) is 0 Å². The molecule has 1 fully saturated rings. The normalized spacial score (nSPS) is 34.4. The van der Waals surface area contributed by atoms with Crippen LogP contribution in [0.4, 0.5) is 0 Å². The maximum Gasteiger partial charge on any atom is -0.0354 e. The lowest BCUT2D eigenvalue weighted by molar-refractivity contribution is 0.280. The SMILES string of the molecule is CC1CCCCC(C)(C)CCCC(C)C1. The first-order valence-electron chi connectivity index (χ1n) is 6.99. The minimum Gasteiger partial charge on any atom is -0.0625 e. The number of rotatable bonds is 0. The summed E-state index contributed by atoms with van der Waals surface area (Å²) in [5, 5.41) is 0. The van der Waals surface area contributed by atoms with Crippen molar-refractivity contribution in [3.8, 4) is 0 Å². The monoisotopic (exact) mass is 210 g/mol. The van der Waals surface area contributed by atoms with Crippen LogP contribution in [0.25, 0.3) is 0 Å². The Morgan fingerprint density at radius 3 is 2.00 bits per heavy atom. The highest BCUT2D eigenvalue weighted by atomic mass is 14.2. The largest absolute Gasteiger partial charge is 0.0625 e. The van der Waals surface area contributed by atoms with E-state index in [-0.39, 0.29) is 0 Å². The van der Waals surface area contributed by atoms with Crippen LogP contribution in [0.2, 0.25) is 0 Å². The molecule has 0 bridgehead atoms. The second-order valence-electron chi connectivity index (χ2n) is 6.75. The summed E-state index contributed by atoms with van der Waals surface area (Å²) in [6.45, 7) is 9.80. The van der Waals surface area contributed by atoms with E-state index < -0.39 is 0 Å². The van der Waals surface area contributed by atoms with Crippen LogP contribution < -0.4 is 0 Å². The van der Waals surface area contributed by atoms with Crippen LogP contribution >= 0.6 is 0 Å². The third-order valence-corrected chi connectivity index (χ3v) is 4.16. The Morgan fingerprint density at radius 1 is 0.800 bits per heavy atom. The third kappa shape index (κ3) is 5.58. The molecule has 0 radical (unpaired) electrons. The van der Waals surface area contributed by atoms with E-state index in [2.05, 4.69) is 27.7 Å². The first kappa shape index (κ1) is 13.1. The first-order chi connectivity index (χ1) is 6.99. The maximum atomic E-state index is 2.46. The summed E-state index contributed by atoms with van der Waals surface area (Å²) in [7, 11) is 0. The molecule has 1 aliphatic rings. The fraction of sp³-hybridized carbons (Fsp3) is 1.00. The van der Waals surface area contributed by atoms with Crippen molar-refractivity contribution in [2.24, 2.45) is 17.3 Å². The molecule has 0 saturated heterocycles. The van der Waals surface area contributed by atoms with Crippen molar-refractivity contribution in [2.45, 2.75) is 79.1 Å². The summed E-state index contributed by atoms with van der Waals surface area (Å²) in [5.41, 5.74) is 0.604. The maximum absolute atomic E-state index is 2.46. The number of hydrogen-bond acceptors (Lipinski definition) is 0. The van der Waals surface area contributed by atoms with Gasteiger partial charge in [0.05, 0.1) is 0 Å². The molecule has 15 heavy (non-hydrogen) atoms. The zero-order valence-corrected chi connectivity index (χ0v) is 11.3. The molecule has 0 amide bonds. The molecule has 0 aromatic heterocycles. The molecule has 2 atom stereocenters. The van der Waals surface area contributed by atoms with Gasteiger partial charge in [0.25, 0.3) is 0 Å². The lowest BCUT2D eigenvalue weighted by atomic mass is 9.82. The van der Waals surface area contributed by atoms with Gasteiger partial charge in [-0.2, -0.15) is 0 Å². The first-order valence-corrected chi connectivity index (χ1v) is 6.99. The van der Waals surface area contributed by atoms with Crippen LogP contribution in [0.5, 0.6) is 0 Å². The molecule has 0 spiro atoms. The summed E-state index contributed by atoms with van der Waals surface area (Å²) in [4.78, 5) is 0. The standard InChI is InChI=1S/C15H30/c1-13-8-5-6-10-15(3,4)11-7-9-14(2)12-13/h13-14H,5-12H2,1-4H3. The van der Waals surface area contributed by atoms with Crippen LogP contribution in [0, 0.1) is 17.3 Å². The van der Waals surface area contributed by atoms with E-state index in [4.69, 9.17) is 0 Å². The van der Waals surface area contributed by atoms with Gasteiger partial charge in [-0.05, 0) is 36.5 Å². The smallest absolute Gasteiger partial charge is 0.0354 e. The van der Waals surface area contributed by atoms with E-state index in [1.54, 1.807) is 0 Å². The lowest BCUT2D eigenvalue weighted by Crippen LogP contribution is -2.11. The molecule has 90 valence electrons. The van der Waals surface area contributed by atoms with Gasteiger partial charge in [-0.15, -0.1) is 0 Å². The second-order valence-corrected chi connectivity index (χ2v) is 6.75. The Labute approximate surface area is 96.8 Å². The van der Waals surface area contributed by atoms with Crippen molar-refractivity contribution in [1.82, 2.24) is 0 Å². The van der Waals surface area contributed by atoms with Crippen LogP contribution in [0.1, 0.15) is 79.1 Å². The summed E-state index contributed by atoms with van der Waals surface area (Å²) in [6.07, 6.45) is 11.6. The molecular weight excluding hydrogens is 180 g/mol. The van der Waals surface area contributed by atoms with Crippen molar-refractivity contribution in [3.63, 3.8) is 0 Å². The minimum atomic E-state index is 0.604. The second kappa shape index (κ2) is 5.92. The van der Waals surface area contributed by atoms with Gasteiger partial charge in [-0.3, -0.25) is 0 Å². The molecule has 0 aromatic rings. The van der Waals surface area contributed by atoms with Gasteiger partial charge in [-0.25, -0.2) is 0 Å². The highest BCUT2D eigenvalue weighted by Crippen LogP contribution is 2.33. The molecule has 0 nitrogen and oxygen atoms in total. The van der Waals surface area contributed by atoms with Crippen molar-refractivity contribution < 1.29 is 0 Å². The van der Waals surface area contributed by atoms with Crippen molar-refractivity contribution in [2.75, 3.05) is 0 Å². The highest BCUT2D eigenvalue weighted by Gasteiger charge is 2.19. The topological polar surface area (TPSA) is 0 Å². The molecule has 0 N–H and O–H groups in total. The molecule has 0 heteroatoms. The molecule has 1 aliphatic carbocycles. The average Bonchev–Trinajstić information content (AvgIpc) is 2.13. The molecule has 1 rings (SSSR count). The molecule has 2 unspecified atom stereocenters. The molecule has 0 aliphatic heterocycles. The summed E-state index contributed by atoms with van der Waals surface area (Å²) in [5.74, 6) is 1.91. The van der Waals surface area contributed by atoms with E-state index in [0.29, 0.717) is 5.41 Å². The van der Waals surface area contributed by atoms with E-state index in [1.807, 2.05) is 0 Å². The molecular formula is C15H30. The minimum absolute atomic E-state index is 0.604. The van der Waals surface area contributed by atoms with E-state index in [9.17, 15) is 0 Å². The zero-order valence-electron chi connectivity index (χ0n) is 11.3. The van der Waals surface area contributed by atoms with Gasteiger partial charge >= 0.3 is 0 Å². The highest BCUT2D eigenvalue weighted by molar-refractivity contribution is 4.71. The molecule has 0 heterocycles. The van der Waals surface area contributed by atoms with E-state index in [1.165, 1.54) is 51.4 Å². The molecule has 1 saturated carbocycles. The Hall–Kier alpha value is 0. The Morgan fingerprint density at radius 2 is 1.33 bits per heavy atom. The summed E-state index contributed by atoms with van der Waals surface area (Å²) >= 11 is 0. The predicted octanol–water partition coefficient (Wildman–Crippen LogP) is 5.42. The fourth-order valence-electron chi connectivity index (χ4n) is 3.07. The fourth-order valence-corrected chi connectivity index (χ4v) is 3.07. The third-order valence-electron chi connectivity index (χ3n) is 4.16.